The average molecular weight is 253 g/mol. The van der Waals surface area contributed by atoms with Gasteiger partial charge in [-0.25, -0.2) is 14.6 Å². The first kappa shape index (κ1) is 13.9. The van der Waals surface area contributed by atoms with Crippen LogP contribution in [0.25, 0.3) is 0 Å². The molecule has 3 N–H and O–H groups in total. The third kappa shape index (κ3) is 4.02. The zero-order valence-corrected chi connectivity index (χ0v) is 10.1. The van der Waals surface area contributed by atoms with Crippen LogP contribution in [0.4, 0.5) is 10.5 Å². The van der Waals surface area contributed by atoms with Gasteiger partial charge in [0.15, 0.2) is 5.69 Å². The first-order valence-corrected chi connectivity index (χ1v) is 5.30. The number of nitrogens with one attached hydrogen (secondary N) is 2. The topological polar surface area (TPSA) is 101 Å². The molecular weight excluding hydrogens is 238 g/mol. The summed E-state index contributed by atoms with van der Waals surface area (Å²) in [4.78, 5) is 26.0. The lowest BCUT2D eigenvalue weighted by Crippen LogP contribution is -2.35. The molecule has 18 heavy (non-hydrogen) atoms. The van der Waals surface area contributed by atoms with Gasteiger partial charge in [0.25, 0.3) is 0 Å². The lowest BCUT2D eigenvalue weighted by molar-refractivity contribution is 0.0691. The molecule has 7 heteroatoms. The number of pyridine rings is 1. The monoisotopic (exact) mass is 253 g/mol. The minimum Gasteiger partial charge on any atom is -0.476 e. The van der Waals surface area contributed by atoms with Crippen LogP contribution in [0, 0.1) is 0 Å². The smallest absolute Gasteiger partial charge is 0.356 e. The summed E-state index contributed by atoms with van der Waals surface area (Å²) in [7, 11) is 1.54. The number of hydrogen-bond acceptors (Lipinski definition) is 4. The number of carboxylic acid groups (broad SMARTS) is 1. The fourth-order valence-corrected chi connectivity index (χ4v) is 1.16. The molecule has 0 aliphatic heterocycles. The molecule has 0 aromatic carbocycles. The van der Waals surface area contributed by atoms with Crippen LogP contribution >= 0.6 is 0 Å². The van der Waals surface area contributed by atoms with E-state index in [2.05, 4.69) is 15.6 Å². The summed E-state index contributed by atoms with van der Waals surface area (Å²) in [6, 6.07) is 2.50. The van der Waals surface area contributed by atoms with Crippen molar-refractivity contribution < 1.29 is 19.4 Å². The van der Waals surface area contributed by atoms with Crippen LogP contribution in [0.5, 0.6) is 0 Å². The number of carboxylic acids is 1. The van der Waals surface area contributed by atoms with Gasteiger partial charge in [-0.05, 0) is 19.1 Å². The van der Waals surface area contributed by atoms with E-state index in [1.165, 1.54) is 19.4 Å². The first-order valence-electron chi connectivity index (χ1n) is 5.30. The van der Waals surface area contributed by atoms with Crippen molar-refractivity contribution >= 4 is 17.7 Å². The summed E-state index contributed by atoms with van der Waals surface area (Å²) in [5.74, 6) is -1.20. The van der Waals surface area contributed by atoms with Gasteiger partial charge in [0, 0.05) is 19.9 Å². The van der Waals surface area contributed by atoms with Crippen LogP contribution in [0.1, 0.15) is 17.4 Å². The molecule has 0 fully saturated rings. The Hall–Kier alpha value is -2.15. The Kier molecular flexibility index (Phi) is 5.06. The summed E-state index contributed by atoms with van der Waals surface area (Å²) in [5, 5.41) is 13.9. The van der Waals surface area contributed by atoms with Crippen molar-refractivity contribution in [3.05, 3.63) is 24.0 Å². The number of anilines is 1. The highest BCUT2D eigenvalue weighted by Crippen LogP contribution is 2.11. The Balaban J connectivity index is 2.62. The summed E-state index contributed by atoms with van der Waals surface area (Å²) < 4.78 is 4.96. The number of methoxy groups -OCH3 is 1. The summed E-state index contributed by atoms with van der Waals surface area (Å²) >= 11 is 0. The molecule has 0 spiro atoms. The van der Waals surface area contributed by atoms with Crippen LogP contribution in [-0.2, 0) is 4.74 Å². The Morgan fingerprint density at radius 2 is 2.28 bits per heavy atom. The average Bonchev–Trinajstić information content (AvgIpc) is 2.36. The largest absolute Gasteiger partial charge is 0.476 e. The molecule has 98 valence electrons. The summed E-state index contributed by atoms with van der Waals surface area (Å²) in [6.45, 7) is 2.12. The molecule has 0 bridgehead atoms. The van der Waals surface area contributed by atoms with E-state index < -0.39 is 12.0 Å². The van der Waals surface area contributed by atoms with Crippen molar-refractivity contribution in [2.24, 2.45) is 0 Å². The quantitative estimate of drug-likeness (QED) is 0.725. The van der Waals surface area contributed by atoms with Crippen LogP contribution < -0.4 is 10.6 Å². The van der Waals surface area contributed by atoms with Crippen LogP contribution in [0.3, 0.4) is 0 Å². The molecule has 1 atom stereocenters. The van der Waals surface area contributed by atoms with Gasteiger partial charge in [-0.2, -0.15) is 0 Å². The van der Waals surface area contributed by atoms with Gasteiger partial charge >= 0.3 is 12.0 Å². The highest BCUT2D eigenvalue weighted by molar-refractivity contribution is 5.98. The van der Waals surface area contributed by atoms with Crippen LogP contribution in [-0.4, -0.2) is 41.8 Å². The van der Waals surface area contributed by atoms with E-state index in [1.54, 1.807) is 13.0 Å². The van der Waals surface area contributed by atoms with Gasteiger partial charge in [0.1, 0.15) is 0 Å². The number of hydrogen-bond donors (Lipinski definition) is 3. The number of aromatic carboxylic acids is 1. The number of nitrogens with zero attached hydrogens (tertiary/aromatic N) is 1. The number of carbonyl (C=O) groups excluding carboxylic acids is 1. The molecule has 0 aliphatic rings. The minimum absolute atomic E-state index is 0.122. The van der Waals surface area contributed by atoms with Gasteiger partial charge < -0.3 is 20.5 Å². The van der Waals surface area contributed by atoms with Crippen LogP contribution in [0.2, 0.25) is 0 Å². The molecule has 0 radical (unpaired) electrons. The first-order chi connectivity index (χ1) is 8.54. The van der Waals surface area contributed by atoms with Crippen molar-refractivity contribution in [2.75, 3.05) is 19.0 Å². The lowest BCUT2D eigenvalue weighted by atomic mass is 10.3. The number of amides is 2. The number of rotatable bonds is 5. The lowest BCUT2D eigenvalue weighted by Gasteiger charge is -2.12. The molecule has 2 amide bonds. The van der Waals surface area contributed by atoms with E-state index in [1.807, 2.05) is 0 Å². The number of aromatic nitrogens is 1. The Morgan fingerprint density at radius 1 is 1.56 bits per heavy atom. The molecule has 1 heterocycles. The molecule has 1 rings (SSSR count). The molecule has 1 aromatic rings. The Labute approximate surface area is 104 Å². The molecule has 0 saturated carbocycles. The molecule has 1 unspecified atom stereocenters. The van der Waals surface area contributed by atoms with Gasteiger partial charge in [0.05, 0.1) is 11.8 Å². The maximum atomic E-state index is 11.5. The zero-order valence-electron chi connectivity index (χ0n) is 10.1. The molecule has 7 nitrogen and oxygen atoms in total. The minimum atomic E-state index is -1.20. The van der Waals surface area contributed by atoms with E-state index in [4.69, 9.17) is 9.84 Å². The second kappa shape index (κ2) is 6.55. The Morgan fingerprint density at radius 3 is 2.89 bits per heavy atom. The van der Waals surface area contributed by atoms with Crippen molar-refractivity contribution in [2.45, 2.75) is 13.0 Å². The number of carbonyl (C=O) groups is 2. The normalized spacial score (nSPS) is 11.7. The van der Waals surface area contributed by atoms with E-state index in [9.17, 15) is 9.59 Å². The maximum Gasteiger partial charge on any atom is 0.356 e. The Bertz CT molecular complexity index is 436. The van der Waals surface area contributed by atoms with Gasteiger partial charge in [-0.1, -0.05) is 0 Å². The summed E-state index contributed by atoms with van der Waals surface area (Å²) in [6.07, 6.45) is 1.23. The maximum absolute atomic E-state index is 11.5. The fraction of sp³-hybridized carbons (Fsp3) is 0.364. The summed E-state index contributed by atoms with van der Waals surface area (Å²) in [5.41, 5.74) is -0.0555. The zero-order chi connectivity index (χ0) is 13.5. The second-order valence-electron chi connectivity index (χ2n) is 3.59. The van der Waals surface area contributed by atoms with Crippen molar-refractivity contribution in [1.82, 2.24) is 10.3 Å². The van der Waals surface area contributed by atoms with Crippen molar-refractivity contribution in [3.8, 4) is 0 Å². The third-order valence-corrected chi connectivity index (χ3v) is 2.21. The fourth-order valence-electron chi connectivity index (χ4n) is 1.16. The molecular formula is C11H15N3O4. The third-order valence-electron chi connectivity index (χ3n) is 2.21. The molecule has 0 aliphatic carbocycles. The predicted octanol–water partition coefficient (Wildman–Crippen LogP) is 0.936. The van der Waals surface area contributed by atoms with Gasteiger partial charge in [-0.3, -0.25) is 0 Å². The van der Waals surface area contributed by atoms with E-state index in [-0.39, 0.29) is 17.5 Å². The predicted molar refractivity (Wildman–Crippen MR) is 64.7 cm³/mol. The SMILES string of the molecule is COC(C)CNC(=O)Nc1cccnc1C(=O)O. The second-order valence-corrected chi connectivity index (χ2v) is 3.59. The van der Waals surface area contributed by atoms with Crippen LogP contribution in [0.15, 0.2) is 18.3 Å². The number of ether oxygens (including phenoxy) is 1. The van der Waals surface area contributed by atoms with E-state index >= 15 is 0 Å². The standard InChI is InChI=1S/C11H15N3O4/c1-7(18-2)6-13-11(17)14-8-4-3-5-12-9(8)10(15)16/h3-5,7H,6H2,1-2H3,(H,15,16)(H2,13,14,17). The van der Waals surface area contributed by atoms with Crippen molar-refractivity contribution in [1.29, 1.82) is 0 Å². The highest BCUT2D eigenvalue weighted by Gasteiger charge is 2.13. The number of urea groups is 1. The van der Waals surface area contributed by atoms with E-state index in [0.717, 1.165) is 0 Å². The van der Waals surface area contributed by atoms with Gasteiger partial charge in [0.2, 0.25) is 0 Å². The van der Waals surface area contributed by atoms with Gasteiger partial charge in [-0.15, -0.1) is 0 Å². The van der Waals surface area contributed by atoms with E-state index in [0.29, 0.717) is 6.54 Å². The van der Waals surface area contributed by atoms with Crippen molar-refractivity contribution in [3.63, 3.8) is 0 Å². The molecule has 1 aromatic heterocycles. The highest BCUT2D eigenvalue weighted by atomic mass is 16.5. The molecule has 0 saturated heterocycles.